The van der Waals surface area contributed by atoms with Gasteiger partial charge in [-0.25, -0.2) is 0 Å². The molecule has 2 amide bonds. The third-order valence-corrected chi connectivity index (χ3v) is 5.31. The van der Waals surface area contributed by atoms with Gasteiger partial charge in [-0.1, -0.05) is 19.3 Å². The predicted molar refractivity (Wildman–Crippen MR) is 102 cm³/mol. The summed E-state index contributed by atoms with van der Waals surface area (Å²) in [7, 11) is 1.58. The van der Waals surface area contributed by atoms with Gasteiger partial charge in [-0.2, -0.15) is 0 Å². The van der Waals surface area contributed by atoms with Crippen molar-refractivity contribution in [3.63, 3.8) is 0 Å². The van der Waals surface area contributed by atoms with Crippen LogP contribution in [-0.4, -0.2) is 31.5 Å². The van der Waals surface area contributed by atoms with Gasteiger partial charge in [-0.3, -0.25) is 9.59 Å². The van der Waals surface area contributed by atoms with Crippen molar-refractivity contribution in [1.29, 1.82) is 0 Å². The van der Waals surface area contributed by atoms with Crippen LogP contribution in [0.1, 0.15) is 51.4 Å². The predicted octanol–water partition coefficient (Wildman–Crippen LogP) is 3.29. The summed E-state index contributed by atoms with van der Waals surface area (Å²) in [6.07, 6.45) is 7.95. The summed E-state index contributed by atoms with van der Waals surface area (Å²) in [6.45, 7) is 0.984. The largest absolute Gasteiger partial charge is 0.495 e. The zero-order chi connectivity index (χ0) is 18.4. The van der Waals surface area contributed by atoms with Crippen molar-refractivity contribution in [3.8, 4) is 5.75 Å². The van der Waals surface area contributed by atoms with E-state index in [1.54, 1.807) is 25.3 Å². The molecule has 1 aliphatic carbocycles. The van der Waals surface area contributed by atoms with E-state index in [9.17, 15) is 9.59 Å². The van der Waals surface area contributed by atoms with Crippen molar-refractivity contribution >= 4 is 23.2 Å². The molecule has 1 saturated carbocycles. The van der Waals surface area contributed by atoms with E-state index < -0.39 is 0 Å². The normalized spacial score (nSPS) is 20.6. The molecule has 1 atom stereocenters. The Bertz CT molecular complexity index is 635. The molecule has 3 rings (SSSR count). The molecule has 0 radical (unpaired) electrons. The van der Waals surface area contributed by atoms with E-state index in [1.165, 1.54) is 6.42 Å². The summed E-state index contributed by atoms with van der Waals surface area (Å²) < 4.78 is 5.36. The Labute approximate surface area is 155 Å². The van der Waals surface area contributed by atoms with Crippen molar-refractivity contribution in [2.24, 2.45) is 5.92 Å². The van der Waals surface area contributed by atoms with E-state index >= 15 is 0 Å². The highest BCUT2D eigenvalue weighted by Crippen LogP contribution is 2.30. The number of hydrogen-bond donors (Lipinski definition) is 3. The van der Waals surface area contributed by atoms with Crippen molar-refractivity contribution in [2.45, 2.75) is 57.4 Å². The molecule has 1 aromatic carbocycles. The number of nitrogens with one attached hydrogen (secondary N) is 3. The highest BCUT2D eigenvalue weighted by molar-refractivity contribution is 5.96. The summed E-state index contributed by atoms with van der Waals surface area (Å²) in [5, 5.41) is 9.25. The van der Waals surface area contributed by atoms with E-state index in [4.69, 9.17) is 4.74 Å². The minimum absolute atomic E-state index is 0.0147. The number of hydrogen-bond acceptors (Lipinski definition) is 4. The molecule has 1 aromatic rings. The molecule has 142 valence electrons. The monoisotopic (exact) mass is 359 g/mol. The summed E-state index contributed by atoms with van der Waals surface area (Å²) in [4.78, 5) is 24.8. The van der Waals surface area contributed by atoms with E-state index in [0.717, 1.165) is 45.1 Å². The lowest BCUT2D eigenvalue weighted by Gasteiger charge is -2.21. The van der Waals surface area contributed by atoms with Gasteiger partial charge in [0.15, 0.2) is 0 Å². The zero-order valence-corrected chi connectivity index (χ0v) is 15.5. The van der Waals surface area contributed by atoms with Gasteiger partial charge in [0.2, 0.25) is 11.8 Å². The number of amides is 2. The number of anilines is 2. The van der Waals surface area contributed by atoms with Gasteiger partial charge < -0.3 is 20.7 Å². The number of methoxy groups -OCH3 is 1. The number of benzene rings is 1. The molecule has 1 saturated heterocycles. The fourth-order valence-corrected chi connectivity index (χ4v) is 3.85. The summed E-state index contributed by atoms with van der Waals surface area (Å²) in [5.74, 6) is 0.700. The number of carbonyl (C=O) groups excluding carboxylic acids is 2. The van der Waals surface area contributed by atoms with Crippen LogP contribution in [0, 0.1) is 5.92 Å². The Hall–Kier alpha value is -2.08. The van der Waals surface area contributed by atoms with Crippen LogP contribution in [0.3, 0.4) is 0 Å². The Kier molecular flexibility index (Phi) is 6.50. The summed E-state index contributed by atoms with van der Waals surface area (Å²) >= 11 is 0. The average molecular weight is 359 g/mol. The second-order valence-corrected chi connectivity index (χ2v) is 7.28. The van der Waals surface area contributed by atoms with Crippen LogP contribution in [0.4, 0.5) is 11.4 Å². The first-order valence-corrected chi connectivity index (χ1v) is 9.68. The SMILES string of the molecule is COc1ccc(NC(=O)CC2CCCN2)cc1NC(=O)C1CCCCC1. The highest BCUT2D eigenvalue weighted by Gasteiger charge is 2.22. The van der Waals surface area contributed by atoms with Crippen LogP contribution >= 0.6 is 0 Å². The van der Waals surface area contributed by atoms with Gasteiger partial charge in [0, 0.05) is 24.1 Å². The molecule has 2 fully saturated rings. The molecular weight excluding hydrogens is 330 g/mol. The lowest BCUT2D eigenvalue weighted by atomic mass is 9.88. The molecule has 3 N–H and O–H groups in total. The quantitative estimate of drug-likeness (QED) is 0.728. The maximum absolute atomic E-state index is 12.5. The smallest absolute Gasteiger partial charge is 0.227 e. The van der Waals surface area contributed by atoms with Crippen LogP contribution < -0.4 is 20.7 Å². The summed E-state index contributed by atoms with van der Waals surface area (Å²) in [5.41, 5.74) is 1.28. The van der Waals surface area contributed by atoms with Crippen LogP contribution in [-0.2, 0) is 9.59 Å². The standard InChI is InChI=1S/C20H29N3O3/c1-26-18-10-9-16(22-19(24)13-15-8-5-11-21-15)12-17(18)23-20(25)14-6-3-2-4-7-14/h9-10,12,14-15,21H,2-8,11,13H2,1H3,(H,22,24)(H,23,25). The number of carbonyl (C=O) groups is 2. The third kappa shape index (κ3) is 4.97. The van der Waals surface area contributed by atoms with Gasteiger partial charge in [0.25, 0.3) is 0 Å². The van der Waals surface area contributed by atoms with Crippen LogP contribution in [0.15, 0.2) is 18.2 Å². The van der Waals surface area contributed by atoms with Crippen LogP contribution in [0.5, 0.6) is 5.75 Å². The maximum Gasteiger partial charge on any atom is 0.227 e. The van der Waals surface area contributed by atoms with Gasteiger partial charge in [-0.15, -0.1) is 0 Å². The minimum atomic E-state index is -0.0147. The lowest BCUT2D eigenvalue weighted by molar-refractivity contribution is -0.120. The topological polar surface area (TPSA) is 79.5 Å². The van der Waals surface area contributed by atoms with Crippen molar-refractivity contribution in [2.75, 3.05) is 24.3 Å². The van der Waals surface area contributed by atoms with E-state index in [-0.39, 0.29) is 23.8 Å². The molecule has 0 spiro atoms. The first-order chi connectivity index (χ1) is 12.7. The van der Waals surface area contributed by atoms with E-state index in [0.29, 0.717) is 23.5 Å². The Morgan fingerprint density at radius 3 is 2.62 bits per heavy atom. The van der Waals surface area contributed by atoms with Crippen molar-refractivity contribution < 1.29 is 14.3 Å². The first-order valence-electron chi connectivity index (χ1n) is 9.68. The van der Waals surface area contributed by atoms with Gasteiger partial charge in [-0.05, 0) is 50.4 Å². The first kappa shape index (κ1) is 18.7. The van der Waals surface area contributed by atoms with Crippen molar-refractivity contribution in [1.82, 2.24) is 5.32 Å². The molecule has 1 heterocycles. The molecule has 0 bridgehead atoms. The maximum atomic E-state index is 12.5. The second kappa shape index (κ2) is 9.03. The second-order valence-electron chi connectivity index (χ2n) is 7.28. The van der Waals surface area contributed by atoms with Crippen LogP contribution in [0.2, 0.25) is 0 Å². The number of rotatable bonds is 6. The van der Waals surface area contributed by atoms with Gasteiger partial charge >= 0.3 is 0 Å². The molecule has 6 heteroatoms. The highest BCUT2D eigenvalue weighted by atomic mass is 16.5. The molecule has 1 unspecified atom stereocenters. The molecule has 1 aliphatic heterocycles. The molecule has 0 aromatic heterocycles. The van der Waals surface area contributed by atoms with Gasteiger partial charge in [0.1, 0.15) is 5.75 Å². The summed E-state index contributed by atoms with van der Waals surface area (Å²) in [6, 6.07) is 5.62. The fraction of sp³-hybridized carbons (Fsp3) is 0.600. The fourth-order valence-electron chi connectivity index (χ4n) is 3.85. The Balaban J connectivity index is 1.63. The Morgan fingerprint density at radius 1 is 1.12 bits per heavy atom. The molecule has 26 heavy (non-hydrogen) atoms. The average Bonchev–Trinajstić information content (AvgIpc) is 3.15. The lowest BCUT2D eigenvalue weighted by Crippen LogP contribution is -2.27. The van der Waals surface area contributed by atoms with Crippen molar-refractivity contribution in [3.05, 3.63) is 18.2 Å². The van der Waals surface area contributed by atoms with Gasteiger partial charge in [0.05, 0.1) is 12.8 Å². The molecule has 6 nitrogen and oxygen atoms in total. The minimum Gasteiger partial charge on any atom is -0.495 e. The van der Waals surface area contributed by atoms with E-state index in [1.807, 2.05) is 0 Å². The third-order valence-electron chi connectivity index (χ3n) is 5.31. The molecule has 2 aliphatic rings. The zero-order valence-electron chi connectivity index (χ0n) is 15.5. The number of ether oxygens (including phenoxy) is 1. The molecular formula is C20H29N3O3. The Morgan fingerprint density at radius 2 is 1.92 bits per heavy atom. The van der Waals surface area contributed by atoms with Crippen LogP contribution in [0.25, 0.3) is 0 Å². The van der Waals surface area contributed by atoms with E-state index in [2.05, 4.69) is 16.0 Å².